The van der Waals surface area contributed by atoms with Gasteiger partial charge in [-0.15, -0.1) is 0 Å². The molecule has 2 aliphatic carbocycles. The van der Waals surface area contributed by atoms with E-state index in [0.29, 0.717) is 44.9 Å². The number of hydrogen-bond donors (Lipinski definition) is 2. The van der Waals surface area contributed by atoms with Gasteiger partial charge in [0.25, 0.3) is 5.91 Å². The molecule has 7 atom stereocenters. The minimum absolute atomic E-state index is 0.110. The fourth-order valence-electron chi connectivity index (χ4n) is 8.55. The van der Waals surface area contributed by atoms with Crippen LogP contribution in [0.4, 0.5) is 5.69 Å². The van der Waals surface area contributed by atoms with Gasteiger partial charge >= 0.3 is 0 Å². The average molecular weight is 669 g/mol. The van der Waals surface area contributed by atoms with E-state index < -0.39 is 27.3 Å². The van der Waals surface area contributed by atoms with Crippen molar-refractivity contribution in [2.45, 2.75) is 87.6 Å². The average Bonchev–Trinajstić information content (AvgIpc) is 3.47. The van der Waals surface area contributed by atoms with Crippen LogP contribution in [0.2, 0.25) is 5.02 Å². The number of nitrogens with one attached hydrogen (secondary N) is 1. The summed E-state index contributed by atoms with van der Waals surface area (Å²) in [7, 11) is -4.04. The predicted molar refractivity (Wildman–Crippen MR) is 179 cm³/mol. The maximum Gasteiger partial charge on any atom is 0.264 e. The molecule has 1 spiro atoms. The number of amides is 1. The molecule has 3 aliphatic heterocycles. The van der Waals surface area contributed by atoms with Gasteiger partial charge in [0.2, 0.25) is 10.0 Å². The summed E-state index contributed by atoms with van der Waals surface area (Å²) in [5, 5.41) is 11.2. The Bertz CT molecular complexity index is 1610. The molecule has 0 radical (unpaired) electrons. The van der Waals surface area contributed by atoms with E-state index in [1.54, 1.807) is 18.2 Å². The molecule has 1 saturated carbocycles. The molecule has 2 bridgehead atoms. The van der Waals surface area contributed by atoms with Crippen LogP contribution >= 0.6 is 11.6 Å². The Labute approximate surface area is 277 Å². The van der Waals surface area contributed by atoms with Gasteiger partial charge in [0.1, 0.15) is 5.75 Å². The lowest BCUT2D eigenvalue weighted by atomic mass is 9.68. The minimum Gasteiger partial charge on any atom is -0.490 e. The smallest absolute Gasteiger partial charge is 0.264 e. The van der Waals surface area contributed by atoms with Crippen LogP contribution in [-0.4, -0.2) is 63.2 Å². The Balaban J connectivity index is 1.27. The third kappa shape index (κ3) is 6.20. The summed E-state index contributed by atoms with van der Waals surface area (Å²) in [5.74, 6) is 0.149. The molecule has 7 rings (SSSR count). The van der Waals surface area contributed by atoms with Gasteiger partial charge in [-0.1, -0.05) is 36.7 Å². The zero-order valence-corrected chi connectivity index (χ0v) is 28.1. The number of benzene rings is 2. The molecule has 1 amide bonds. The van der Waals surface area contributed by atoms with E-state index in [9.17, 15) is 18.3 Å². The van der Waals surface area contributed by atoms with Gasteiger partial charge in [-0.05, 0) is 117 Å². The van der Waals surface area contributed by atoms with Crippen molar-refractivity contribution < 1.29 is 27.8 Å². The molecule has 1 saturated heterocycles. The summed E-state index contributed by atoms with van der Waals surface area (Å²) in [6.45, 7) is 4.42. The third-order valence-electron chi connectivity index (χ3n) is 11.3. The fraction of sp³-hybridized carbons (Fsp3) is 0.583. The molecule has 2 fully saturated rings. The number of aryl methyl sites for hydroxylation is 1. The van der Waals surface area contributed by atoms with Gasteiger partial charge in [0.05, 0.1) is 29.8 Å². The number of sulfonamides is 1. The number of rotatable bonds is 2. The second kappa shape index (κ2) is 12.8. The monoisotopic (exact) mass is 668 g/mol. The highest BCUT2D eigenvalue weighted by Gasteiger charge is 2.44. The third-order valence-corrected chi connectivity index (χ3v) is 13.5. The first-order valence-electron chi connectivity index (χ1n) is 16.9. The van der Waals surface area contributed by atoms with Gasteiger partial charge < -0.3 is 19.5 Å². The maximum absolute atomic E-state index is 13.9. The number of nitrogens with zero attached hydrogens (tertiary/aromatic N) is 1. The predicted octanol–water partition coefficient (Wildman–Crippen LogP) is 5.79. The van der Waals surface area contributed by atoms with E-state index in [0.717, 1.165) is 55.7 Å². The molecule has 0 aromatic heterocycles. The van der Waals surface area contributed by atoms with Gasteiger partial charge in [-0.3, -0.25) is 4.79 Å². The molecular formula is C36H45ClN2O6S. The number of aliphatic hydroxyl groups is 1. The molecule has 2 N–H and O–H groups in total. The van der Waals surface area contributed by atoms with Crippen molar-refractivity contribution in [3.05, 3.63) is 70.3 Å². The molecule has 0 unspecified atom stereocenters. The number of halogens is 1. The Morgan fingerprint density at radius 1 is 1.13 bits per heavy atom. The van der Waals surface area contributed by atoms with E-state index >= 15 is 0 Å². The van der Waals surface area contributed by atoms with Gasteiger partial charge in [-0.25, -0.2) is 13.1 Å². The molecule has 3 heterocycles. The number of ether oxygens (including phenoxy) is 2. The Morgan fingerprint density at radius 2 is 2.00 bits per heavy atom. The summed E-state index contributed by atoms with van der Waals surface area (Å²) in [6.07, 6.45) is 10.4. The Kier molecular flexibility index (Phi) is 8.89. The van der Waals surface area contributed by atoms with Crippen LogP contribution in [0.1, 0.15) is 79.8 Å². The molecular weight excluding hydrogens is 624 g/mol. The molecule has 5 aliphatic rings. The SMILES string of the molecule is C[C@@H]1C/C=C/[C@H](O)[C@@H]2CC[C@H]2CN2C[C@@]3(CCCc4cc(Cl)ccc43)COc3ccc(cc32)C(=O)NS(=O)(=O)[C@@H]1C[C@H]1CCCO1. The number of fused-ring (bicyclic) bond motifs is 4. The normalized spacial score (nSPS) is 34.8. The van der Waals surface area contributed by atoms with E-state index in [2.05, 4.69) is 21.8 Å². The summed E-state index contributed by atoms with van der Waals surface area (Å²) in [6, 6.07) is 11.4. The first-order valence-corrected chi connectivity index (χ1v) is 18.9. The van der Waals surface area contributed by atoms with Crippen LogP contribution in [0.25, 0.3) is 0 Å². The second-order valence-electron chi connectivity index (χ2n) is 14.3. The molecule has 8 nitrogen and oxygen atoms in total. The van der Waals surface area contributed by atoms with E-state index in [-0.39, 0.29) is 34.8 Å². The van der Waals surface area contributed by atoms with Crippen molar-refractivity contribution in [1.82, 2.24) is 4.72 Å². The Hall–Kier alpha value is -2.59. The highest BCUT2D eigenvalue weighted by molar-refractivity contribution is 7.90. The van der Waals surface area contributed by atoms with Crippen molar-refractivity contribution >= 4 is 33.2 Å². The molecule has 46 heavy (non-hydrogen) atoms. The number of hydrogen-bond acceptors (Lipinski definition) is 7. The topological polar surface area (TPSA) is 105 Å². The van der Waals surface area contributed by atoms with E-state index in [1.165, 1.54) is 11.1 Å². The van der Waals surface area contributed by atoms with Crippen LogP contribution < -0.4 is 14.4 Å². The van der Waals surface area contributed by atoms with Crippen molar-refractivity contribution in [3.8, 4) is 5.75 Å². The Morgan fingerprint density at radius 3 is 2.78 bits per heavy atom. The first-order chi connectivity index (χ1) is 22.1. The van der Waals surface area contributed by atoms with Gasteiger partial charge in [0.15, 0.2) is 0 Å². The van der Waals surface area contributed by atoms with Crippen molar-refractivity contribution in [1.29, 1.82) is 0 Å². The minimum atomic E-state index is -4.04. The maximum atomic E-state index is 13.9. The summed E-state index contributed by atoms with van der Waals surface area (Å²) >= 11 is 6.41. The number of aliphatic hydroxyl groups excluding tert-OH is 1. The lowest BCUT2D eigenvalue weighted by Gasteiger charge is -2.45. The van der Waals surface area contributed by atoms with Crippen LogP contribution in [0.15, 0.2) is 48.6 Å². The van der Waals surface area contributed by atoms with Crippen molar-refractivity contribution in [3.63, 3.8) is 0 Å². The van der Waals surface area contributed by atoms with E-state index in [4.69, 9.17) is 21.1 Å². The van der Waals surface area contributed by atoms with E-state index in [1.807, 2.05) is 25.1 Å². The van der Waals surface area contributed by atoms with Crippen molar-refractivity contribution in [2.75, 3.05) is 31.2 Å². The van der Waals surface area contributed by atoms with Crippen LogP contribution in [0.5, 0.6) is 5.75 Å². The lowest BCUT2D eigenvalue weighted by molar-refractivity contribution is 0.0455. The quantitative estimate of drug-likeness (QED) is 0.390. The highest BCUT2D eigenvalue weighted by atomic mass is 35.5. The number of carbonyl (C=O) groups excluding carboxylic acids is 1. The summed E-state index contributed by atoms with van der Waals surface area (Å²) < 4.78 is 42.5. The van der Waals surface area contributed by atoms with Crippen LogP contribution in [0.3, 0.4) is 0 Å². The van der Waals surface area contributed by atoms with Crippen LogP contribution in [-0.2, 0) is 26.6 Å². The summed E-state index contributed by atoms with van der Waals surface area (Å²) in [4.78, 5) is 16.0. The van der Waals surface area contributed by atoms with Gasteiger partial charge in [0, 0.05) is 35.7 Å². The molecule has 2 aromatic carbocycles. The fourth-order valence-corrected chi connectivity index (χ4v) is 10.5. The molecule has 2 aromatic rings. The number of anilines is 1. The number of carbonyl (C=O) groups is 1. The standard InChI is InChI=1S/C36H45ClN2O6S/c1-23-5-2-8-32(40)29-12-9-26(29)20-39-21-36(15-3-6-24-17-27(37)11-13-30(24)36)22-45-33-14-10-25(18-31(33)39)35(41)38-46(42,43)34(23)19-28-7-4-16-44-28/h2,8,10-11,13-14,17-18,23,26,28-29,32,34,40H,3-7,9,12,15-16,19-22H2,1H3,(H,38,41)/b8-2+/t23-,26+,28-,29-,32+,34-,36+/m1/s1. The highest BCUT2D eigenvalue weighted by Crippen LogP contribution is 2.47. The largest absolute Gasteiger partial charge is 0.490 e. The summed E-state index contributed by atoms with van der Waals surface area (Å²) in [5.41, 5.74) is 3.31. The second-order valence-corrected chi connectivity index (χ2v) is 16.6. The zero-order chi connectivity index (χ0) is 32.1. The first kappa shape index (κ1) is 32.0. The van der Waals surface area contributed by atoms with Crippen LogP contribution in [0, 0.1) is 17.8 Å². The zero-order valence-electron chi connectivity index (χ0n) is 26.5. The van der Waals surface area contributed by atoms with Gasteiger partial charge in [-0.2, -0.15) is 0 Å². The lowest BCUT2D eigenvalue weighted by Crippen LogP contribution is -2.49. The molecule has 10 heteroatoms. The number of allylic oxidation sites excluding steroid dienone is 1. The van der Waals surface area contributed by atoms with Crippen molar-refractivity contribution in [2.24, 2.45) is 17.8 Å². The molecule has 248 valence electrons.